The SMILES string of the molecule is C=CC(=O)N[C@H]1CCC(c2ccccc2)C[C@H]1Nc1ncc2c(n1)N(C)C(=O)N(c1cc(OC)cc(C(F)(F)F)c1)C2. The van der Waals surface area contributed by atoms with Gasteiger partial charge >= 0.3 is 12.2 Å². The third-order valence-electron chi connectivity index (χ3n) is 7.72. The minimum absolute atomic E-state index is 0.0174. The topological polar surface area (TPSA) is 99.7 Å². The molecule has 5 rings (SSSR count). The highest BCUT2D eigenvalue weighted by molar-refractivity contribution is 6.05. The van der Waals surface area contributed by atoms with Crippen LogP contribution >= 0.6 is 0 Å². The quantitative estimate of drug-likeness (QED) is 0.358. The molecule has 1 unspecified atom stereocenters. The van der Waals surface area contributed by atoms with Gasteiger partial charge in [0.15, 0.2) is 0 Å². The molecule has 12 heteroatoms. The summed E-state index contributed by atoms with van der Waals surface area (Å²) in [6.07, 6.45) is 0.518. The molecule has 220 valence electrons. The number of nitrogens with one attached hydrogen (secondary N) is 2. The van der Waals surface area contributed by atoms with Crippen LogP contribution in [0.2, 0.25) is 0 Å². The fraction of sp³-hybridized carbons (Fsp3) is 0.333. The number of nitrogens with zero attached hydrogens (tertiary/aromatic N) is 4. The van der Waals surface area contributed by atoms with Crippen molar-refractivity contribution < 1.29 is 27.5 Å². The van der Waals surface area contributed by atoms with Crippen molar-refractivity contribution in [2.24, 2.45) is 0 Å². The molecule has 0 saturated heterocycles. The molecule has 1 fully saturated rings. The van der Waals surface area contributed by atoms with Crippen molar-refractivity contribution in [2.45, 2.75) is 50.0 Å². The van der Waals surface area contributed by atoms with Gasteiger partial charge in [0.25, 0.3) is 0 Å². The monoisotopic (exact) mass is 580 g/mol. The molecule has 2 aromatic carbocycles. The maximum absolute atomic E-state index is 13.5. The van der Waals surface area contributed by atoms with Gasteiger partial charge in [0, 0.05) is 37.0 Å². The molecule has 0 radical (unpaired) electrons. The van der Waals surface area contributed by atoms with Gasteiger partial charge in [-0.05, 0) is 49.0 Å². The number of halogens is 3. The largest absolute Gasteiger partial charge is 0.497 e. The van der Waals surface area contributed by atoms with Crippen LogP contribution in [0.25, 0.3) is 0 Å². The molecule has 42 heavy (non-hydrogen) atoms. The number of hydrogen-bond acceptors (Lipinski definition) is 6. The Labute approximate surface area is 241 Å². The van der Waals surface area contributed by atoms with Crippen LogP contribution < -0.4 is 25.2 Å². The number of anilines is 3. The number of ether oxygens (including phenoxy) is 1. The van der Waals surface area contributed by atoms with Crippen LogP contribution in [0.15, 0.2) is 67.4 Å². The van der Waals surface area contributed by atoms with Crippen LogP contribution in [0.5, 0.6) is 5.75 Å². The first-order valence-electron chi connectivity index (χ1n) is 13.5. The summed E-state index contributed by atoms with van der Waals surface area (Å²) in [5.74, 6) is 0.596. The molecule has 2 aliphatic rings. The van der Waals surface area contributed by atoms with Gasteiger partial charge in [-0.2, -0.15) is 18.2 Å². The molecule has 9 nitrogen and oxygen atoms in total. The minimum atomic E-state index is -4.61. The fourth-order valence-electron chi connectivity index (χ4n) is 5.54. The zero-order valence-corrected chi connectivity index (χ0v) is 23.2. The standard InChI is InChI=1S/C30H31F3N6O3/c1-4-26(40)35-24-11-10-19(18-8-6-5-7-9-18)12-25(24)36-28-34-16-20-17-39(29(41)38(2)27(20)37-28)22-13-21(30(31,32)33)14-23(15-22)42-3/h4-9,13-16,19,24-25H,1,10-12,17H2,2-3H3,(H,35,40)(H,34,36,37)/t19?,24-,25+/m0/s1. The lowest BCUT2D eigenvalue weighted by Gasteiger charge is -2.38. The van der Waals surface area contributed by atoms with Crippen molar-refractivity contribution in [1.29, 1.82) is 0 Å². The number of hydrogen-bond donors (Lipinski definition) is 2. The van der Waals surface area contributed by atoms with Crippen molar-refractivity contribution >= 4 is 29.4 Å². The Morgan fingerprint density at radius 3 is 2.60 bits per heavy atom. The summed E-state index contributed by atoms with van der Waals surface area (Å²) in [5, 5.41) is 6.36. The van der Waals surface area contributed by atoms with Crippen LogP contribution in [-0.2, 0) is 17.5 Å². The maximum atomic E-state index is 13.5. The number of rotatable bonds is 7. The number of aromatic nitrogens is 2. The Morgan fingerprint density at radius 1 is 1.14 bits per heavy atom. The van der Waals surface area contributed by atoms with Gasteiger partial charge in [-0.1, -0.05) is 36.9 Å². The molecule has 1 aliphatic heterocycles. The lowest BCUT2D eigenvalue weighted by atomic mass is 9.78. The summed E-state index contributed by atoms with van der Waals surface area (Å²) in [6.45, 7) is 3.53. The van der Waals surface area contributed by atoms with Crippen LogP contribution in [0.1, 0.15) is 41.9 Å². The van der Waals surface area contributed by atoms with E-state index in [0.29, 0.717) is 17.8 Å². The predicted molar refractivity (Wildman–Crippen MR) is 153 cm³/mol. The van der Waals surface area contributed by atoms with E-state index in [-0.39, 0.29) is 47.8 Å². The van der Waals surface area contributed by atoms with Gasteiger partial charge in [-0.25, -0.2) is 9.78 Å². The lowest BCUT2D eigenvalue weighted by molar-refractivity contribution is -0.137. The summed E-state index contributed by atoms with van der Waals surface area (Å²) in [6, 6.07) is 12.4. The molecular formula is C30H31F3N6O3. The second-order valence-electron chi connectivity index (χ2n) is 10.4. The van der Waals surface area contributed by atoms with Crippen LogP contribution in [0.3, 0.4) is 0 Å². The van der Waals surface area contributed by atoms with Crippen molar-refractivity contribution in [3.05, 3.63) is 84.1 Å². The Bertz CT molecular complexity index is 1480. The van der Waals surface area contributed by atoms with E-state index in [2.05, 4.69) is 39.3 Å². The molecule has 1 aromatic heterocycles. The lowest BCUT2D eigenvalue weighted by Crippen LogP contribution is -2.50. The van der Waals surface area contributed by atoms with E-state index >= 15 is 0 Å². The number of amides is 3. The minimum Gasteiger partial charge on any atom is -0.497 e. The van der Waals surface area contributed by atoms with E-state index in [4.69, 9.17) is 4.74 Å². The predicted octanol–water partition coefficient (Wildman–Crippen LogP) is 5.50. The molecule has 0 spiro atoms. The van der Waals surface area contributed by atoms with E-state index in [0.717, 1.165) is 25.0 Å². The van der Waals surface area contributed by atoms with E-state index in [9.17, 15) is 22.8 Å². The summed E-state index contributed by atoms with van der Waals surface area (Å²) in [7, 11) is 2.77. The van der Waals surface area contributed by atoms with Crippen molar-refractivity contribution in [1.82, 2.24) is 15.3 Å². The molecule has 2 heterocycles. The molecule has 3 amide bonds. The van der Waals surface area contributed by atoms with Crippen LogP contribution in [-0.4, -0.2) is 48.1 Å². The molecule has 3 atom stereocenters. The van der Waals surface area contributed by atoms with Crippen LogP contribution in [0.4, 0.5) is 35.4 Å². The van der Waals surface area contributed by atoms with Gasteiger partial charge in [0.05, 0.1) is 24.9 Å². The summed E-state index contributed by atoms with van der Waals surface area (Å²) < 4.78 is 45.6. The van der Waals surface area contributed by atoms with Crippen molar-refractivity contribution in [3.8, 4) is 5.75 Å². The van der Waals surface area contributed by atoms with E-state index in [1.165, 1.54) is 41.7 Å². The van der Waals surface area contributed by atoms with Gasteiger partial charge in [0.2, 0.25) is 11.9 Å². The number of carbonyl (C=O) groups excluding carboxylic acids is 2. The summed E-state index contributed by atoms with van der Waals surface area (Å²) in [5.41, 5.74) is 0.886. The van der Waals surface area contributed by atoms with Gasteiger partial charge in [0.1, 0.15) is 11.6 Å². The smallest absolute Gasteiger partial charge is 0.416 e. The number of methoxy groups -OCH3 is 1. The van der Waals surface area contributed by atoms with Crippen molar-refractivity contribution in [2.75, 3.05) is 29.3 Å². The van der Waals surface area contributed by atoms with Gasteiger partial charge < -0.3 is 15.4 Å². The zero-order valence-electron chi connectivity index (χ0n) is 23.2. The molecule has 0 bridgehead atoms. The highest BCUT2D eigenvalue weighted by Gasteiger charge is 2.36. The molecule has 2 N–H and O–H groups in total. The number of benzene rings is 2. The van der Waals surface area contributed by atoms with Gasteiger partial charge in [-0.15, -0.1) is 0 Å². The highest BCUT2D eigenvalue weighted by Crippen LogP contribution is 2.38. The molecular weight excluding hydrogens is 549 g/mol. The molecule has 1 aliphatic carbocycles. The summed E-state index contributed by atoms with van der Waals surface area (Å²) >= 11 is 0. The van der Waals surface area contributed by atoms with E-state index < -0.39 is 17.8 Å². The zero-order chi connectivity index (χ0) is 30.0. The van der Waals surface area contributed by atoms with E-state index in [1.54, 1.807) is 6.20 Å². The number of fused-ring (bicyclic) bond motifs is 1. The number of alkyl halides is 3. The second-order valence-corrected chi connectivity index (χ2v) is 10.4. The Balaban J connectivity index is 1.40. The normalized spacial score (nSPS) is 20.5. The molecule has 1 saturated carbocycles. The third-order valence-corrected chi connectivity index (χ3v) is 7.72. The Kier molecular flexibility index (Phi) is 8.06. The number of urea groups is 1. The summed E-state index contributed by atoms with van der Waals surface area (Å²) in [4.78, 5) is 37.1. The Morgan fingerprint density at radius 2 is 1.90 bits per heavy atom. The third kappa shape index (κ3) is 6.02. The Hall–Kier alpha value is -4.61. The highest BCUT2D eigenvalue weighted by atomic mass is 19.4. The number of carbonyl (C=O) groups is 2. The fourth-order valence-corrected chi connectivity index (χ4v) is 5.54. The van der Waals surface area contributed by atoms with Crippen LogP contribution in [0, 0.1) is 0 Å². The van der Waals surface area contributed by atoms with E-state index in [1.807, 2.05) is 18.2 Å². The maximum Gasteiger partial charge on any atom is 0.416 e. The second kappa shape index (κ2) is 11.7. The first kappa shape index (κ1) is 28.9. The first-order valence-corrected chi connectivity index (χ1v) is 13.5. The first-order chi connectivity index (χ1) is 20.1. The van der Waals surface area contributed by atoms with Crippen molar-refractivity contribution in [3.63, 3.8) is 0 Å². The molecule has 3 aromatic rings. The van der Waals surface area contributed by atoms with Gasteiger partial charge in [-0.3, -0.25) is 14.6 Å². The average molecular weight is 581 g/mol. The average Bonchev–Trinajstić information content (AvgIpc) is 2.99.